The molecule has 7 aromatic carbocycles. The molecule has 2 aliphatic carbocycles. The largest absolute Gasteiger partial charge is 0.514 e. The van der Waals surface area contributed by atoms with Crippen LogP contribution in [0.1, 0.15) is 99.1 Å². The van der Waals surface area contributed by atoms with Gasteiger partial charge in [0.25, 0.3) is 29.3 Å². The molecule has 0 radical (unpaired) electrons. The summed E-state index contributed by atoms with van der Waals surface area (Å²) in [5.41, 5.74) is 27.5. The van der Waals surface area contributed by atoms with Crippen LogP contribution in [0.15, 0.2) is 211 Å². The fourth-order valence-corrected chi connectivity index (χ4v) is 13.6. The molecule has 13 N–H and O–H groups in total. The van der Waals surface area contributed by atoms with E-state index in [9.17, 15) is 77.2 Å². The Morgan fingerprint density at radius 1 is 0.566 bits per heavy atom. The number of carbonyl (C=O) groups excluding carboxylic acids is 13. The lowest BCUT2D eigenvalue weighted by Crippen LogP contribution is -2.46. The van der Waals surface area contributed by atoms with Gasteiger partial charge in [0.15, 0.2) is 14.4 Å². The van der Waals surface area contributed by atoms with Crippen molar-refractivity contribution < 1.29 is 135 Å². The number of ketones is 1. The molecule has 0 aromatic heterocycles. The number of hydrogen-bond acceptors (Lipinski definition) is 31. The number of primary amides is 1. The Labute approximate surface area is 787 Å². The second-order valence-electron chi connectivity index (χ2n) is 30.1. The van der Waals surface area contributed by atoms with Crippen LogP contribution in [0.3, 0.4) is 0 Å². The number of carboxylic acids is 1. The van der Waals surface area contributed by atoms with Crippen molar-refractivity contribution in [3.8, 4) is 28.0 Å². The molecule has 0 saturated carbocycles. The molecule has 4 atom stereocenters. The summed E-state index contributed by atoms with van der Waals surface area (Å²) in [6.45, 7) is 11.9. The molecule has 2 unspecified atom stereocenters. The lowest BCUT2D eigenvalue weighted by atomic mass is 9.89. The molecule has 9 amide bonds. The Hall–Kier alpha value is -14.2. The highest BCUT2D eigenvalue weighted by Gasteiger charge is 2.34. The van der Waals surface area contributed by atoms with Crippen LogP contribution < -0.4 is 43.2 Å². The highest BCUT2D eigenvalue weighted by atomic mass is 31.1. The summed E-state index contributed by atoms with van der Waals surface area (Å²) < 4.78 is 53.7. The van der Waals surface area contributed by atoms with E-state index in [1.54, 1.807) is 76.2 Å². The zero-order valence-electron chi connectivity index (χ0n) is 75.3. The molecule has 12 rings (SSSR count). The predicted octanol–water partition coefficient (Wildman–Crippen LogP) is 10.1. The molecule has 3 heterocycles. The van der Waals surface area contributed by atoms with E-state index in [-0.39, 0.29) is 132 Å². The van der Waals surface area contributed by atoms with Crippen LogP contribution in [-0.4, -0.2) is 225 Å². The van der Waals surface area contributed by atoms with E-state index in [0.717, 1.165) is 67.6 Å². The maximum absolute atomic E-state index is 13.4. The standard InChI is InChI=1S/C35H42N6O13.C20H21NO4.C16H14O2.C8H12N2O4P2.C7H9NO.C4H11NO2.C4H2O3/c1-22(2)31(39-34(47)52-19-18-51-17-16-40-29(43)13-14-30(40)44)28(42)20-24(4-3-15-37-33(36)46)32(45)38-25-7-5-23(6-8-25)21-53-35(48)54-27-11-9-26(10-12-27)41(49)50;1-12(2)18(19(22)23)21-20(24)25-11-17-15-9-5-3-7-13(15)14-8-4-6-10-16(14)17;1-11(17)18-10-16-14-8-4-2-6-12(14)13-7-3-5-9-15(13)16;11-7-1-2-8(12)10(7)3-4-13-5-6-14-16-9-15;8-7-3-1-6(5-9)2-4-7;5-1-3-7-4-2-6;5-3-1-2-4(6)7-3/h5-14,22,24,31H,3-4,15-21H2,1-2H3,(H,38,45)(H,39,47)(H3,36,37,46);3-10,12,17-18H,11H2,1-2H3,(H,21,24)(H,22,23);2-9,16H,10H2,1H3;1-2H,3-6,15H2;1-4,9H,5,8H2;6H,1-5H2;1-2H/t24-,31+;;;;;;/m1....../s1. The number of aliphatic hydroxyl groups is 2. The van der Waals surface area contributed by atoms with Crippen LogP contribution in [0.4, 0.5) is 36.2 Å². The van der Waals surface area contributed by atoms with Gasteiger partial charge >= 0.3 is 48.3 Å². The number of Topliss-reactive ketones (excluding diaryl/α,β-unsaturated/α-hetero) is 1. The van der Waals surface area contributed by atoms with Gasteiger partial charge in [-0.05, 0) is 126 Å². The first-order valence-corrected chi connectivity index (χ1v) is 43.9. The van der Waals surface area contributed by atoms with Crippen LogP contribution in [0.2, 0.25) is 0 Å². The quantitative estimate of drug-likeness (QED) is 0.00163. The highest BCUT2D eigenvalue weighted by molar-refractivity contribution is 7.31. The van der Waals surface area contributed by atoms with E-state index < -0.39 is 88.7 Å². The van der Waals surface area contributed by atoms with Crippen molar-refractivity contribution in [1.82, 2.24) is 25.8 Å². The monoisotopic (exact) mass is 1920 g/mol. The van der Waals surface area contributed by atoms with Crippen molar-refractivity contribution >= 4 is 119 Å². The number of esters is 3. The van der Waals surface area contributed by atoms with Gasteiger partial charge in [-0.15, -0.1) is 0 Å². The molecule has 0 spiro atoms. The number of alkyl carbamates (subject to hydrolysis) is 2. The van der Waals surface area contributed by atoms with E-state index in [0.29, 0.717) is 72.5 Å². The number of fused-ring (bicyclic) bond motifs is 6. The van der Waals surface area contributed by atoms with Crippen LogP contribution in [0.5, 0.6) is 5.75 Å². The summed E-state index contributed by atoms with van der Waals surface area (Å²) in [7, 11) is 2.72. The van der Waals surface area contributed by atoms with Crippen LogP contribution in [0.25, 0.3) is 22.3 Å². The number of anilines is 2. The number of ether oxygens (including phenoxy) is 9. The van der Waals surface area contributed by atoms with Gasteiger partial charge in [0.1, 0.15) is 38.2 Å². The summed E-state index contributed by atoms with van der Waals surface area (Å²) in [5, 5.41) is 46.8. The molecule has 40 nitrogen and oxygen atoms in total. The molecule has 726 valence electrons. The Kier molecular flexibility index (Phi) is 48.9. The molecule has 136 heavy (non-hydrogen) atoms. The number of aliphatic carboxylic acids is 1. The average Bonchev–Trinajstić information content (AvgIpc) is 1.62. The van der Waals surface area contributed by atoms with Gasteiger partial charge in [-0.25, -0.2) is 38.1 Å². The van der Waals surface area contributed by atoms with Crippen LogP contribution in [-0.2, 0) is 104 Å². The molecule has 42 heteroatoms. The molecule has 0 saturated heterocycles. The number of carbonyl (C=O) groups is 14. The number of aliphatic hydroxyl groups excluding tert-OH is 2. The first-order valence-electron chi connectivity index (χ1n) is 42.6. The second-order valence-corrected chi connectivity index (χ2v) is 31.5. The molecular weight excluding hydrogens is 1810 g/mol. The SMILES string of the molecule is CC(=O)OCC1c2ccccc2-c2ccccc21.CC(C)C(NC(=O)OCC1c2ccccc2-c2ccccc21)C(=O)O.CC(C)[C@H](NC(=O)OCCOCCN1C(=O)C=CC1=O)C(=O)C[C@@H](CCCNC(N)=O)C(=O)Nc1ccc(COC(=O)Oc2ccc([N+](=O)[O-])cc2)cc1.NCCOCCO.Nc1ccc(CO)cc1.O=C1C=CC(=O)N1CCOCCOP=NP.O=C1C=CC(=O)O1. The predicted molar refractivity (Wildman–Crippen MR) is 499 cm³/mol. The number of nitro groups is 1. The molecular formula is C94H111N11O29P2. The summed E-state index contributed by atoms with van der Waals surface area (Å²) in [6.07, 6.45) is 4.65. The minimum atomic E-state index is -1.07. The van der Waals surface area contributed by atoms with Crippen molar-refractivity contribution in [1.29, 1.82) is 0 Å². The third-order valence-electron chi connectivity index (χ3n) is 19.7. The van der Waals surface area contributed by atoms with Gasteiger partial charge in [0, 0.05) is 104 Å². The number of nitrogen functional groups attached to an aromatic ring is 1. The van der Waals surface area contributed by atoms with E-state index in [2.05, 4.69) is 76.3 Å². The van der Waals surface area contributed by atoms with Crippen molar-refractivity contribution in [3.63, 3.8) is 0 Å². The minimum Gasteiger partial charge on any atom is -0.480 e. The Balaban J connectivity index is 0.000000282. The lowest BCUT2D eigenvalue weighted by molar-refractivity contribution is -0.384. The van der Waals surface area contributed by atoms with Gasteiger partial charge in [-0.3, -0.25) is 53.5 Å². The molecule has 5 aliphatic rings. The number of nitrogens with two attached hydrogens (primary N) is 3. The molecule has 0 bridgehead atoms. The fraction of sp³-hybridized carbons (Fsp3) is 0.340. The van der Waals surface area contributed by atoms with Gasteiger partial charge in [0.05, 0.1) is 83.5 Å². The van der Waals surface area contributed by atoms with Crippen LogP contribution >= 0.6 is 18.0 Å². The molecule has 3 aliphatic heterocycles. The zero-order chi connectivity index (χ0) is 99.4. The number of imide groups is 2. The highest BCUT2D eigenvalue weighted by Crippen LogP contribution is 2.46. The number of rotatable bonds is 40. The maximum Gasteiger partial charge on any atom is 0.514 e. The average molecular weight is 1920 g/mol. The summed E-state index contributed by atoms with van der Waals surface area (Å²) >= 11 is 0. The maximum atomic E-state index is 13.4. The number of benzene rings is 7. The van der Waals surface area contributed by atoms with Gasteiger partial charge in [-0.1, -0.05) is 149 Å². The van der Waals surface area contributed by atoms with Crippen molar-refractivity contribution in [2.75, 3.05) is 110 Å². The van der Waals surface area contributed by atoms with E-state index in [1.165, 1.54) is 65.6 Å². The summed E-state index contributed by atoms with van der Waals surface area (Å²) in [4.78, 5) is 174. The third-order valence-corrected chi connectivity index (χ3v) is 20.4. The summed E-state index contributed by atoms with van der Waals surface area (Å²) in [5.74, 6) is -6.08. The number of nitrogens with zero attached hydrogens (tertiary/aromatic N) is 4. The number of urea groups is 1. The number of hydrogen-bond donors (Lipinski definition) is 10. The number of carboxylic acid groups (broad SMARTS) is 1. The first kappa shape index (κ1) is 111. The number of non-ortho nitro benzene ring substituents is 1. The normalized spacial score (nSPS) is 13.4. The number of cyclic esters (lactones) is 2. The Morgan fingerprint density at radius 3 is 1.46 bits per heavy atom. The summed E-state index contributed by atoms with van der Waals surface area (Å²) in [6, 6.07) is 48.4. The van der Waals surface area contributed by atoms with Crippen molar-refractivity contribution in [2.45, 2.75) is 91.0 Å². The van der Waals surface area contributed by atoms with Crippen LogP contribution in [0, 0.1) is 27.9 Å². The zero-order valence-corrected chi connectivity index (χ0v) is 77.4. The van der Waals surface area contributed by atoms with E-state index in [1.807, 2.05) is 60.7 Å². The van der Waals surface area contributed by atoms with Gasteiger partial charge < -0.3 is 101 Å². The number of nitrogens with one attached hydrogen (secondary N) is 4. The smallest absolute Gasteiger partial charge is 0.480 e. The topological polar surface area (TPSA) is 580 Å². The number of amides is 9. The fourth-order valence-electron chi connectivity index (χ4n) is 13.2. The van der Waals surface area contributed by atoms with Gasteiger partial charge in [0.2, 0.25) is 5.91 Å². The molecule has 7 aromatic rings. The Bertz CT molecular complexity index is 5160. The lowest BCUT2D eigenvalue weighted by Gasteiger charge is -2.24. The number of nitro benzene ring substituents is 1. The van der Waals surface area contributed by atoms with E-state index in [4.69, 9.17) is 74.9 Å². The molecule has 0 fully saturated rings. The van der Waals surface area contributed by atoms with Crippen molar-refractivity contribution in [3.05, 3.63) is 250 Å². The third kappa shape index (κ3) is 38.8. The van der Waals surface area contributed by atoms with Gasteiger partial charge in [-0.2, -0.15) is 0 Å². The first-order chi connectivity index (χ1) is 65.3. The van der Waals surface area contributed by atoms with Crippen molar-refractivity contribution in [2.24, 2.45) is 33.7 Å². The Morgan fingerprint density at radius 2 is 1.03 bits per heavy atom. The second kappa shape index (κ2) is 60.1. The van der Waals surface area contributed by atoms with E-state index >= 15 is 0 Å². The minimum absolute atomic E-state index is 0.0240.